The molecule has 0 amide bonds. The van der Waals surface area contributed by atoms with E-state index in [9.17, 15) is 5.11 Å². The molecule has 0 aliphatic rings. The summed E-state index contributed by atoms with van der Waals surface area (Å²) < 4.78 is 5.25. The van der Waals surface area contributed by atoms with Gasteiger partial charge in [0.15, 0.2) is 0 Å². The van der Waals surface area contributed by atoms with Gasteiger partial charge in [-0.2, -0.15) is 0 Å². The van der Waals surface area contributed by atoms with E-state index < -0.39 is 0 Å². The molecule has 0 aliphatic carbocycles. The zero-order chi connectivity index (χ0) is 15.9. The van der Waals surface area contributed by atoms with Crippen molar-refractivity contribution in [2.75, 3.05) is 26.1 Å². The maximum atomic E-state index is 10.1. The van der Waals surface area contributed by atoms with Crippen molar-refractivity contribution in [2.45, 2.75) is 25.7 Å². The molecule has 2 rings (SSSR count). The first-order valence-electron chi connectivity index (χ1n) is 7.73. The lowest BCUT2D eigenvalue weighted by Gasteiger charge is -2.18. The van der Waals surface area contributed by atoms with Crippen molar-refractivity contribution in [3.63, 3.8) is 0 Å². The van der Waals surface area contributed by atoms with Crippen molar-refractivity contribution in [3.05, 3.63) is 53.6 Å². The standard InChI is InChI=1S/C19H25NO2/c1-20(2)18-12-7-13-19(21)17(18)11-5-4-8-15-9-6-10-16(14-15)22-3/h6-7,9-10,12-14,21H,4-5,8,11H2,1-3H3. The second kappa shape index (κ2) is 7.74. The van der Waals surface area contributed by atoms with Crippen LogP contribution in [0, 0.1) is 0 Å². The highest BCUT2D eigenvalue weighted by atomic mass is 16.5. The van der Waals surface area contributed by atoms with Crippen LogP contribution in [0.25, 0.3) is 0 Å². The van der Waals surface area contributed by atoms with Crippen LogP contribution in [-0.2, 0) is 12.8 Å². The van der Waals surface area contributed by atoms with E-state index in [2.05, 4.69) is 23.1 Å². The molecule has 0 aliphatic heterocycles. The van der Waals surface area contributed by atoms with Crippen LogP contribution in [0.1, 0.15) is 24.0 Å². The summed E-state index contributed by atoms with van der Waals surface area (Å²) in [6, 6.07) is 13.9. The Balaban J connectivity index is 1.91. The summed E-state index contributed by atoms with van der Waals surface area (Å²) in [5.74, 6) is 1.31. The number of nitrogens with zero attached hydrogens (tertiary/aromatic N) is 1. The first-order valence-corrected chi connectivity index (χ1v) is 7.73. The van der Waals surface area contributed by atoms with Gasteiger partial charge >= 0.3 is 0 Å². The van der Waals surface area contributed by atoms with Crippen LogP contribution in [0.3, 0.4) is 0 Å². The largest absolute Gasteiger partial charge is 0.508 e. The molecule has 0 heterocycles. The minimum absolute atomic E-state index is 0.396. The highest BCUT2D eigenvalue weighted by molar-refractivity contribution is 5.58. The molecule has 0 bridgehead atoms. The molecule has 0 fully saturated rings. The fraction of sp³-hybridized carbons (Fsp3) is 0.368. The fourth-order valence-electron chi connectivity index (χ4n) is 2.70. The summed E-state index contributed by atoms with van der Waals surface area (Å²) >= 11 is 0. The van der Waals surface area contributed by atoms with Crippen LogP contribution in [0.2, 0.25) is 0 Å². The molecule has 1 N–H and O–H groups in total. The van der Waals surface area contributed by atoms with Gasteiger partial charge in [-0.3, -0.25) is 0 Å². The molecule has 2 aromatic rings. The third-order valence-electron chi connectivity index (χ3n) is 3.88. The Morgan fingerprint density at radius 3 is 2.45 bits per heavy atom. The summed E-state index contributed by atoms with van der Waals surface area (Å²) in [6.07, 6.45) is 4.07. The Labute approximate surface area is 133 Å². The van der Waals surface area contributed by atoms with Crippen LogP contribution >= 0.6 is 0 Å². The van der Waals surface area contributed by atoms with Crippen LogP contribution in [-0.4, -0.2) is 26.3 Å². The number of phenolic OH excluding ortho intramolecular Hbond substituents is 1. The molecule has 0 saturated carbocycles. The second-order valence-corrected chi connectivity index (χ2v) is 5.73. The summed E-state index contributed by atoms with van der Waals surface area (Å²) in [5, 5.41) is 10.1. The van der Waals surface area contributed by atoms with Gasteiger partial charge in [0.05, 0.1) is 7.11 Å². The van der Waals surface area contributed by atoms with E-state index in [4.69, 9.17) is 4.74 Å². The molecule has 0 saturated heterocycles. The molecular weight excluding hydrogens is 274 g/mol. The van der Waals surface area contributed by atoms with E-state index in [0.717, 1.165) is 42.7 Å². The molecule has 0 aromatic heterocycles. The van der Waals surface area contributed by atoms with E-state index >= 15 is 0 Å². The third kappa shape index (κ3) is 4.17. The number of benzene rings is 2. The minimum atomic E-state index is 0.396. The minimum Gasteiger partial charge on any atom is -0.508 e. The highest BCUT2D eigenvalue weighted by Crippen LogP contribution is 2.29. The maximum absolute atomic E-state index is 10.1. The molecular formula is C19H25NO2. The lowest BCUT2D eigenvalue weighted by atomic mass is 10.0. The number of aromatic hydroxyl groups is 1. The molecule has 22 heavy (non-hydrogen) atoms. The second-order valence-electron chi connectivity index (χ2n) is 5.73. The van der Waals surface area contributed by atoms with Crippen molar-refractivity contribution in [1.29, 1.82) is 0 Å². The number of ether oxygens (including phenoxy) is 1. The van der Waals surface area contributed by atoms with Crippen molar-refractivity contribution in [2.24, 2.45) is 0 Å². The molecule has 0 unspecified atom stereocenters. The number of phenols is 1. The third-order valence-corrected chi connectivity index (χ3v) is 3.88. The van der Waals surface area contributed by atoms with E-state index in [0.29, 0.717) is 5.75 Å². The van der Waals surface area contributed by atoms with Crippen molar-refractivity contribution >= 4 is 5.69 Å². The van der Waals surface area contributed by atoms with E-state index in [1.807, 2.05) is 32.3 Å². The van der Waals surface area contributed by atoms with Gasteiger partial charge < -0.3 is 14.7 Å². The number of anilines is 1. The Bertz CT molecular complexity index is 608. The number of unbranched alkanes of at least 4 members (excludes halogenated alkanes) is 1. The number of methoxy groups -OCH3 is 1. The first kappa shape index (κ1) is 16.2. The van der Waals surface area contributed by atoms with Gasteiger partial charge in [0.25, 0.3) is 0 Å². The zero-order valence-corrected chi connectivity index (χ0v) is 13.7. The molecule has 2 aromatic carbocycles. The Morgan fingerprint density at radius 2 is 1.73 bits per heavy atom. The quantitative estimate of drug-likeness (QED) is 0.783. The summed E-state index contributed by atoms with van der Waals surface area (Å²) in [6.45, 7) is 0. The van der Waals surface area contributed by atoms with Crippen LogP contribution in [0.4, 0.5) is 5.69 Å². The molecule has 0 spiro atoms. The SMILES string of the molecule is COc1cccc(CCCCc2c(O)cccc2N(C)C)c1. The molecule has 3 nitrogen and oxygen atoms in total. The predicted octanol–water partition coefficient (Wildman–Crippen LogP) is 4.03. The van der Waals surface area contributed by atoms with Gasteiger partial charge in [0.2, 0.25) is 0 Å². The van der Waals surface area contributed by atoms with Gasteiger partial charge in [-0.1, -0.05) is 18.2 Å². The molecule has 3 heteroatoms. The topological polar surface area (TPSA) is 32.7 Å². The van der Waals surface area contributed by atoms with Gasteiger partial charge in [0.1, 0.15) is 11.5 Å². The Morgan fingerprint density at radius 1 is 1.00 bits per heavy atom. The predicted molar refractivity (Wildman–Crippen MR) is 92.1 cm³/mol. The molecule has 118 valence electrons. The summed E-state index contributed by atoms with van der Waals surface area (Å²) in [4.78, 5) is 2.05. The average Bonchev–Trinajstić information content (AvgIpc) is 2.52. The lowest BCUT2D eigenvalue weighted by molar-refractivity contribution is 0.414. The van der Waals surface area contributed by atoms with Gasteiger partial charge in [-0.15, -0.1) is 0 Å². The summed E-state index contributed by atoms with van der Waals surface area (Å²) in [5.41, 5.74) is 3.43. The van der Waals surface area contributed by atoms with Gasteiger partial charge in [-0.05, 0) is 55.5 Å². The number of hydrogen-bond donors (Lipinski definition) is 1. The summed E-state index contributed by atoms with van der Waals surface area (Å²) in [7, 11) is 5.71. The number of hydrogen-bond acceptors (Lipinski definition) is 3. The van der Waals surface area contributed by atoms with Crippen molar-refractivity contribution in [3.8, 4) is 11.5 Å². The fourth-order valence-corrected chi connectivity index (χ4v) is 2.70. The normalized spacial score (nSPS) is 10.5. The van der Waals surface area contributed by atoms with E-state index in [-0.39, 0.29) is 0 Å². The highest BCUT2D eigenvalue weighted by Gasteiger charge is 2.09. The monoisotopic (exact) mass is 299 g/mol. The smallest absolute Gasteiger partial charge is 0.120 e. The van der Waals surface area contributed by atoms with Crippen LogP contribution < -0.4 is 9.64 Å². The van der Waals surface area contributed by atoms with E-state index in [1.54, 1.807) is 13.2 Å². The zero-order valence-electron chi connectivity index (χ0n) is 13.7. The molecule has 0 radical (unpaired) electrons. The number of aryl methyl sites for hydroxylation is 1. The van der Waals surface area contributed by atoms with Crippen molar-refractivity contribution < 1.29 is 9.84 Å². The first-order chi connectivity index (χ1) is 10.6. The van der Waals surface area contributed by atoms with Crippen molar-refractivity contribution in [1.82, 2.24) is 0 Å². The molecule has 0 atom stereocenters. The Hall–Kier alpha value is -2.16. The van der Waals surface area contributed by atoms with E-state index in [1.165, 1.54) is 5.56 Å². The van der Waals surface area contributed by atoms with Crippen LogP contribution in [0.15, 0.2) is 42.5 Å². The lowest BCUT2D eigenvalue weighted by Crippen LogP contribution is -2.11. The number of rotatable bonds is 7. The average molecular weight is 299 g/mol. The van der Waals surface area contributed by atoms with Gasteiger partial charge in [0, 0.05) is 25.3 Å². The van der Waals surface area contributed by atoms with Crippen LogP contribution in [0.5, 0.6) is 11.5 Å². The van der Waals surface area contributed by atoms with Gasteiger partial charge in [-0.25, -0.2) is 0 Å². The Kier molecular flexibility index (Phi) is 5.70. The maximum Gasteiger partial charge on any atom is 0.120 e.